The van der Waals surface area contributed by atoms with Crippen LogP contribution in [0.1, 0.15) is 44.2 Å². The predicted octanol–water partition coefficient (Wildman–Crippen LogP) is 4.11. The molecule has 112 valence electrons. The van der Waals surface area contributed by atoms with Gasteiger partial charge in [0.05, 0.1) is 0 Å². The van der Waals surface area contributed by atoms with Crippen molar-refractivity contribution in [2.45, 2.75) is 38.6 Å². The van der Waals surface area contributed by atoms with Crippen molar-refractivity contribution in [2.75, 3.05) is 26.7 Å². The monoisotopic (exact) mass is 294 g/mol. The van der Waals surface area contributed by atoms with E-state index in [1.54, 1.807) is 0 Å². The third kappa shape index (κ3) is 4.76. The van der Waals surface area contributed by atoms with E-state index in [2.05, 4.69) is 36.3 Å². The Kier molecular flexibility index (Phi) is 6.34. The van der Waals surface area contributed by atoms with Crippen LogP contribution in [0.2, 0.25) is 5.02 Å². The topological polar surface area (TPSA) is 15.3 Å². The highest BCUT2D eigenvalue weighted by molar-refractivity contribution is 6.30. The lowest BCUT2D eigenvalue weighted by Gasteiger charge is -2.27. The van der Waals surface area contributed by atoms with E-state index in [0.717, 1.165) is 17.5 Å². The molecular weight excluding hydrogens is 268 g/mol. The van der Waals surface area contributed by atoms with Crippen LogP contribution >= 0.6 is 11.6 Å². The predicted molar refractivity (Wildman–Crippen MR) is 87.3 cm³/mol. The molecule has 0 aromatic heterocycles. The number of piperidine rings is 1. The summed E-state index contributed by atoms with van der Waals surface area (Å²) in [4.78, 5) is 2.43. The molecule has 0 aliphatic carbocycles. The summed E-state index contributed by atoms with van der Waals surface area (Å²) in [5.41, 5.74) is 1.30. The van der Waals surface area contributed by atoms with Gasteiger partial charge in [-0.3, -0.25) is 4.90 Å². The number of nitrogens with one attached hydrogen (secondary N) is 1. The molecule has 1 heterocycles. The number of halogens is 1. The second kappa shape index (κ2) is 8.02. The van der Waals surface area contributed by atoms with Gasteiger partial charge in [-0.15, -0.1) is 0 Å². The molecule has 0 amide bonds. The lowest BCUT2D eigenvalue weighted by Crippen LogP contribution is -2.30. The van der Waals surface area contributed by atoms with Gasteiger partial charge in [-0.25, -0.2) is 0 Å². The zero-order valence-electron chi connectivity index (χ0n) is 12.7. The van der Waals surface area contributed by atoms with Crippen molar-refractivity contribution < 1.29 is 0 Å². The first kappa shape index (κ1) is 15.8. The van der Waals surface area contributed by atoms with Crippen LogP contribution in [-0.4, -0.2) is 31.6 Å². The maximum absolute atomic E-state index is 6.07. The summed E-state index contributed by atoms with van der Waals surface area (Å²) in [7, 11) is 2.21. The quantitative estimate of drug-likeness (QED) is 0.849. The lowest BCUT2D eigenvalue weighted by atomic mass is 9.94. The van der Waals surface area contributed by atoms with Gasteiger partial charge < -0.3 is 5.32 Å². The first-order valence-electron chi connectivity index (χ1n) is 7.83. The number of rotatable bonds is 6. The summed E-state index contributed by atoms with van der Waals surface area (Å²) in [5.74, 6) is 0.888. The molecule has 2 atom stereocenters. The second-order valence-electron chi connectivity index (χ2n) is 6.07. The molecule has 0 radical (unpaired) electrons. The van der Waals surface area contributed by atoms with E-state index in [-0.39, 0.29) is 0 Å². The minimum Gasteiger partial charge on any atom is -0.316 e. The first-order chi connectivity index (χ1) is 9.66. The first-order valence-corrected chi connectivity index (χ1v) is 8.21. The highest BCUT2D eigenvalue weighted by Crippen LogP contribution is 2.23. The molecule has 1 N–H and O–H groups in total. The van der Waals surface area contributed by atoms with Crippen molar-refractivity contribution in [3.05, 3.63) is 34.9 Å². The molecule has 1 fully saturated rings. The molecule has 2 rings (SSSR count). The van der Waals surface area contributed by atoms with Crippen LogP contribution in [0.5, 0.6) is 0 Å². The van der Waals surface area contributed by atoms with Crippen LogP contribution in [0.4, 0.5) is 0 Å². The van der Waals surface area contributed by atoms with E-state index in [9.17, 15) is 0 Å². The average molecular weight is 295 g/mol. The Hall–Kier alpha value is -0.570. The molecule has 0 spiro atoms. The summed E-state index contributed by atoms with van der Waals surface area (Å²) < 4.78 is 0. The van der Waals surface area contributed by atoms with E-state index in [4.69, 9.17) is 11.6 Å². The minimum atomic E-state index is 0.429. The standard InChI is InChI=1S/C17H27ClN2/c1-14(16-8-3-9-17(18)12-16)20(2)11-5-7-15-6-4-10-19-13-15/h3,8-9,12,14-15,19H,4-7,10-11,13H2,1-2H3. The molecule has 0 bridgehead atoms. The summed E-state index contributed by atoms with van der Waals surface area (Å²) in [6.07, 6.45) is 5.38. The van der Waals surface area contributed by atoms with E-state index >= 15 is 0 Å². The minimum absolute atomic E-state index is 0.429. The van der Waals surface area contributed by atoms with E-state index in [1.165, 1.54) is 44.3 Å². The van der Waals surface area contributed by atoms with Gasteiger partial charge in [0.2, 0.25) is 0 Å². The highest BCUT2D eigenvalue weighted by Gasteiger charge is 2.15. The van der Waals surface area contributed by atoms with Crippen LogP contribution in [-0.2, 0) is 0 Å². The summed E-state index contributed by atoms with van der Waals surface area (Å²) in [6.45, 7) is 5.84. The van der Waals surface area contributed by atoms with Gasteiger partial charge >= 0.3 is 0 Å². The van der Waals surface area contributed by atoms with Crippen molar-refractivity contribution >= 4 is 11.6 Å². The van der Waals surface area contributed by atoms with Gasteiger partial charge in [-0.2, -0.15) is 0 Å². The number of benzene rings is 1. The Labute approximate surface area is 128 Å². The molecule has 2 nitrogen and oxygen atoms in total. The van der Waals surface area contributed by atoms with E-state index in [1.807, 2.05) is 12.1 Å². The zero-order valence-corrected chi connectivity index (χ0v) is 13.5. The molecule has 1 aliphatic heterocycles. The Bertz CT molecular complexity index is 402. The summed E-state index contributed by atoms with van der Waals surface area (Å²) in [6, 6.07) is 8.65. The molecule has 0 saturated carbocycles. The fourth-order valence-corrected chi connectivity index (χ4v) is 3.21. The maximum Gasteiger partial charge on any atom is 0.0409 e. The Morgan fingerprint density at radius 1 is 1.45 bits per heavy atom. The van der Waals surface area contributed by atoms with Gasteiger partial charge in [0.15, 0.2) is 0 Å². The van der Waals surface area contributed by atoms with Crippen LogP contribution in [0.3, 0.4) is 0 Å². The van der Waals surface area contributed by atoms with Crippen LogP contribution < -0.4 is 5.32 Å². The molecule has 20 heavy (non-hydrogen) atoms. The molecule has 2 unspecified atom stereocenters. The zero-order chi connectivity index (χ0) is 14.4. The van der Waals surface area contributed by atoms with Crippen molar-refractivity contribution in [2.24, 2.45) is 5.92 Å². The van der Waals surface area contributed by atoms with Gasteiger partial charge in [0.1, 0.15) is 0 Å². The van der Waals surface area contributed by atoms with Crippen molar-refractivity contribution in [3.63, 3.8) is 0 Å². The van der Waals surface area contributed by atoms with Crippen LogP contribution in [0.25, 0.3) is 0 Å². The van der Waals surface area contributed by atoms with Gasteiger partial charge in [-0.05, 0) is 82.9 Å². The Morgan fingerprint density at radius 2 is 2.30 bits per heavy atom. The maximum atomic E-state index is 6.07. The lowest BCUT2D eigenvalue weighted by molar-refractivity contribution is 0.242. The van der Waals surface area contributed by atoms with E-state index in [0.29, 0.717) is 6.04 Å². The van der Waals surface area contributed by atoms with Crippen molar-refractivity contribution in [1.82, 2.24) is 10.2 Å². The molecular formula is C17H27ClN2. The summed E-state index contributed by atoms with van der Waals surface area (Å²) in [5, 5.41) is 4.33. The average Bonchev–Trinajstić information content (AvgIpc) is 2.47. The number of hydrogen-bond donors (Lipinski definition) is 1. The number of nitrogens with zero attached hydrogens (tertiary/aromatic N) is 1. The Balaban J connectivity index is 1.74. The van der Waals surface area contributed by atoms with Crippen molar-refractivity contribution in [3.8, 4) is 0 Å². The molecule has 1 aromatic carbocycles. The normalized spacial score (nSPS) is 21.1. The fourth-order valence-electron chi connectivity index (χ4n) is 3.01. The second-order valence-corrected chi connectivity index (χ2v) is 6.50. The smallest absolute Gasteiger partial charge is 0.0409 e. The third-order valence-electron chi connectivity index (χ3n) is 4.51. The van der Waals surface area contributed by atoms with Crippen LogP contribution in [0.15, 0.2) is 24.3 Å². The molecule has 1 saturated heterocycles. The van der Waals surface area contributed by atoms with E-state index < -0.39 is 0 Å². The van der Waals surface area contributed by atoms with Crippen molar-refractivity contribution in [1.29, 1.82) is 0 Å². The number of hydrogen-bond acceptors (Lipinski definition) is 2. The third-order valence-corrected chi connectivity index (χ3v) is 4.75. The van der Waals surface area contributed by atoms with Crippen LogP contribution in [0, 0.1) is 5.92 Å². The molecule has 3 heteroatoms. The van der Waals surface area contributed by atoms with Gasteiger partial charge in [0, 0.05) is 11.1 Å². The van der Waals surface area contributed by atoms with Gasteiger partial charge in [0.25, 0.3) is 0 Å². The van der Waals surface area contributed by atoms with Gasteiger partial charge in [-0.1, -0.05) is 23.7 Å². The highest BCUT2D eigenvalue weighted by atomic mass is 35.5. The Morgan fingerprint density at radius 3 is 3.00 bits per heavy atom. The molecule has 1 aliphatic rings. The fraction of sp³-hybridized carbons (Fsp3) is 0.647. The summed E-state index contributed by atoms with van der Waals surface area (Å²) >= 11 is 6.07. The molecule has 1 aromatic rings. The SMILES string of the molecule is CC(c1cccc(Cl)c1)N(C)CCCC1CCCNC1. The largest absolute Gasteiger partial charge is 0.316 e.